The molecule has 0 radical (unpaired) electrons. The van der Waals surface area contributed by atoms with Crippen LogP contribution in [-0.2, 0) is 17.9 Å². The van der Waals surface area contributed by atoms with Crippen LogP contribution in [0.4, 0.5) is 0 Å². The Morgan fingerprint density at radius 3 is 2.57 bits per heavy atom. The standard InChI is InChI=1S/C16H24N6O/c1-6-7-20-8-14-17-18-15(22(14)13(5)16(20)23)9-21-12(4)10(2)11(3)19-21/h13H,6-9H2,1-5H3/t13-/m0/s1. The van der Waals surface area contributed by atoms with E-state index in [2.05, 4.69) is 36.1 Å². The van der Waals surface area contributed by atoms with Crippen molar-refractivity contribution in [3.63, 3.8) is 0 Å². The van der Waals surface area contributed by atoms with E-state index in [1.165, 1.54) is 5.56 Å². The molecule has 1 atom stereocenters. The second kappa shape index (κ2) is 5.79. The Labute approximate surface area is 136 Å². The molecule has 7 nitrogen and oxygen atoms in total. The van der Waals surface area contributed by atoms with Crippen molar-refractivity contribution >= 4 is 5.91 Å². The fourth-order valence-electron chi connectivity index (χ4n) is 3.18. The van der Waals surface area contributed by atoms with Crippen molar-refractivity contribution in [1.82, 2.24) is 29.4 Å². The second-order valence-electron chi connectivity index (χ2n) is 6.29. The summed E-state index contributed by atoms with van der Waals surface area (Å²) in [5.41, 5.74) is 3.35. The summed E-state index contributed by atoms with van der Waals surface area (Å²) in [7, 11) is 0. The molecular weight excluding hydrogens is 292 g/mol. The third-order valence-electron chi connectivity index (χ3n) is 4.75. The summed E-state index contributed by atoms with van der Waals surface area (Å²) in [5, 5.41) is 13.2. The number of amides is 1. The Kier molecular flexibility index (Phi) is 3.95. The lowest BCUT2D eigenvalue weighted by Gasteiger charge is -2.31. The summed E-state index contributed by atoms with van der Waals surface area (Å²) in [5.74, 6) is 1.80. The van der Waals surface area contributed by atoms with Crippen molar-refractivity contribution in [3.05, 3.63) is 28.6 Å². The van der Waals surface area contributed by atoms with Gasteiger partial charge in [-0.1, -0.05) is 6.92 Å². The van der Waals surface area contributed by atoms with E-state index in [-0.39, 0.29) is 11.9 Å². The molecule has 2 aromatic heterocycles. The summed E-state index contributed by atoms with van der Waals surface area (Å²) in [6.45, 7) is 12.0. The molecule has 1 aliphatic heterocycles. The number of carbonyl (C=O) groups excluding carboxylic acids is 1. The highest BCUT2D eigenvalue weighted by molar-refractivity contribution is 5.81. The molecule has 3 heterocycles. The van der Waals surface area contributed by atoms with Crippen LogP contribution in [-0.4, -0.2) is 41.9 Å². The highest BCUT2D eigenvalue weighted by Gasteiger charge is 2.32. The molecule has 23 heavy (non-hydrogen) atoms. The molecule has 0 aliphatic carbocycles. The van der Waals surface area contributed by atoms with Crippen molar-refractivity contribution in [3.8, 4) is 0 Å². The maximum Gasteiger partial charge on any atom is 0.245 e. The number of nitrogens with zero attached hydrogens (tertiary/aromatic N) is 6. The van der Waals surface area contributed by atoms with Gasteiger partial charge < -0.3 is 4.90 Å². The molecule has 1 aliphatic rings. The molecule has 0 bridgehead atoms. The van der Waals surface area contributed by atoms with Gasteiger partial charge in [0.1, 0.15) is 12.6 Å². The van der Waals surface area contributed by atoms with Crippen LogP contribution in [0.5, 0.6) is 0 Å². The zero-order valence-electron chi connectivity index (χ0n) is 14.5. The lowest BCUT2D eigenvalue weighted by atomic mass is 10.2. The van der Waals surface area contributed by atoms with E-state index >= 15 is 0 Å². The maximum atomic E-state index is 12.5. The van der Waals surface area contributed by atoms with Gasteiger partial charge in [-0.2, -0.15) is 5.10 Å². The van der Waals surface area contributed by atoms with Crippen LogP contribution in [0.15, 0.2) is 0 Å². The number of aryl methyl sites for hydroxylation is 1. The first-order chi connectivity index (χ1) is 10.9. The van der Waals surface area contributed by atoms with E-state index in [1.807, 2.05) is 28.0 Å². The summed E-state index contributed by atoms with van der Waals surface area (Å²) < 4.78 is 3.91. The highest BCUT2D eigenvalue weighted by atomic mass is 16.2. The zero-order valence-corrected chi connectivity index (χ0v) is 14.5. The molecule has 7 heteroatoms. The Balaban J connectivity index is 1.93. The van der Waals surface area contributed by atoms with Gasteiger partial charge in [0.25, 0.3) is 0 Å². The van der Waals surface area contributed by atoms with E-state index in [0.29, 0.717) is 13.1 Å². The fraction of sp³-hybridized carbons (Fsp3) is 0.625. The minimum absolute atomic E-state index is 0.143. The van der Waals surface area contributed by atoms with E-state index in [0.717, 1.165) is 36.0 Å². The molecule has 0 saturated heterocycles. The minimum atomic E-state index is -0.256. The molecule has 3 rings (SSSR count). The van der Waals surface area contributed by atoms with Crippen molar-refractivity contribution in [2.24, 2.45) is 0 Å². The molecule has 0 spiro atoms. The third kappa shape index (κ3) is 2.54. The van der Waals surface area contributed by atoms with Crippen LogP contribution in [0.25, 0.3) is 0 Å². The number of aromatic nitrogens is 5. The molecule has 2 aromatic rings. The molecular formula is C16H24N6O. The average molecular weight is 316 g/mol. The fourth-order valence-corrected chi connectivity index (χ4v) is 3.18. The highest BCUT2D eigenvalue weighted by Crippen LogP contribution is 2.24. The number of carbonyl (C=O) groups is 1. The van der Waals surface area contributed by atoms with Gasteiger partial charge in [0.05, 0.1) is 12.2 Å². The number of hydrogen-bond acceptors (Lipinski definition) is 4. The van der Waals surface area contributed by atoms with Crippen LogP contribution in [0.2, 0.25) is 0 Å². The van der Waals surface area contributed by atoms with Gasteiger partial charge >= 0.3 is 0 Å². The normalized spacial score (nSPS) is 17.7. The van der Waals surface area contributed by atoms with E-state index in [4.69, 9.17) is 0 Å². The topological polar surface area (TPSA) is 68.8 Å². The SMILES string of the molecule is CCCN1Cc2nnc(Cn3nc(C)c(C)c3C)n2[C@@H](C)C1=O. The monoisotopic (exact) mass is 316 g/mol. The zero-order chi connectivity index (χ0) is 16.7. The Morgan fingerprint density at radius 2 is 1.96 bits per heavy atom. The van der Waals surface area contributed by atoms with Crippen LogP contribution in [0.1, 0.15) is 54.9 Å². The molecule has 0 N–H and O–H groups in total. The summed E-state index contributed by atoms with van der Waals surface area (Å²) >= 11 is 0. The van der Waals surface area contributed by atoms with Gasteiger partial charge in [0.2, 0.25) is 5.91 Å². The molecule has 0 unspecified atom stereocenters. The summed E-state index contributed by atoms with van der Waals surface area (Å²) in [6, 6.07) is -0.256. The van der Waals surface area contributed by atoms with Gasteiger partial charge in [0, 0.05) is 12.2 Å². The number of fused-ring (bicyclic) bond motifs is 1. The predicted octanol–water partition coefficient (Wildman–Crippen LogP) is 1.76. The summed E-state index contributed by atoms with van der Waals surface area (Å²) in [4.78, 5) is 14.4. The largest absolute Gasteiger partial charge is 0.333 e. The van der Waals surface area contributed by atoms with Crippen LogP contribution < -0.4 is 0 Å². The van der Waals surface area contributed by atoms with Gasteiger partial charge in [-0.15, -0.1) is 10.2 Å². The summed E-state index contributed by atoms with van der Waals surface area (Å²) in [6.07, 6.45) is 0.949. The van der Waals surface area contributed by atoms with Crippen LogP contribution in [0.3, 0.4) is 0 Å². The first kappa shape index (κ1) is 15.7. The average Bonchev–Trinajstić information content (AvgIpc) is 3.02. The van der Waals surface area contributed by atoms with Crippen molar-refractivity contribution in [2.45, 2.75) is 60.2 Å². The molecule has 0 saturated carbocycles. The van der Waals surface area contributed by atoms with E-state index < -0.39 is 0 Å². The van der Waals surface area contributed by atoms with Crippen LogP contribution >= 0.6 is 0 Å². The lowest BCUT2D eigenvalue weighted by molar-refractivity contribution is -0.137. The Bertz CT molecular complexity index is 744. The maximum absolute atomic E-state index is 12.5. The van der Waals surface area contributed by atoms with Crippen molar-refractivity contribution in [1.29, 1.82) is 0 Å². The quantitative estimate of drug-likeness (QED) is 0.862. The minimum Gasteiger partial charge on any atom is -0.333 e. The van der Waals surface area contributed by atoms with Crippen molar-refractivity contribution in [2.75, 3.05) is 6.54 Å². The lowest BCUT2D eigenvalue weighted by Crippen LogP contribution is -2.42. The molecule has 0 fully saturated rings. The number of hydrogen-bond donors (Lipinski definition) is 0. The molecule has 124 valence electrons. The molecule has 0 aromatic carbocycles. The van der Waals surface area contributed by atoms with Crippen LogP contribution in [0, 0.1) is 20.8 Å². The first-order valence-corrected chi connectivity index (χ1v) is 8.16. The third-order valence-corrected chi connectivity index (χ3v) is 4.75. The van der Waals surface area contributed by atoms with E-state index in [9.17, 15) is 4.79 Å². The number of rotatable bonds is 4. The Hall–Kier alpha value is -2.18. The predicted molar refractivity (Wildman–Crippen MR) is 86.0 cm³/mol. The van der Waals surface area contributed by atoms with Gasteiger partial charge in [-0.3, -0.25) is 14.0 Å². The second-order valence-corrected chi connectivity index (χ2v) is 6.29. The van der Waals surface area contributed by atoms with E-state index in [1.54, 1.807) is 0 Å². The Morgan fingerprint density at radius 1 is 1.22 bits per heavy atom. The molecule has 1 amide bonds. The van der Waals surface area contributed by atoms with Gasteiger partial charge in [-0.25, -0.2) is 0 Å². The smallest absolute Gasteiger partial charge is 0.245 e. The first-order valence-electron chi connectivity index (χ1n) is 8.16. The van der Waals surface area contributed by atoms with Gasteiger partial charge in [0.15, 0.2) is 11.6 Å². The van der Waals surface area contributed by atoms with Gasteiger partial charge in [-0.05, 0) is 39.7 Å². The van der Waals surface area contributed by atoms with Crippen molar-refractivity contribution < 1.29 is 4.79 Å².